The fourth-order valence-electron chi connectivity index (χ4n) is 2.22. The van der Waals surface area contributed by atoms with Crippen molar-refractivity contribution >= 4 is 22.4 Å². The second kappa shape index (κ2) is 5.74. The van der Waals surface area contributed by atoms with Gasteiger partial charge in [0.05, 0.1) is 5.41 Å². The van der Waals surface area contributed by atoms with Gasteiger partial charge in [0.1, 0.15) is 0 Å². The molecular weight excluding hydrogens is 260 g/mol. The van der Waals surface area contributed by atoms with Gasteiger partial charge in [-0.15, -0.1) is 0 Å². The number of carbonyl (C=O) groups is 1. The molecule has 1 aromatic rings. The summed E-state index contributed by atoms with van der Waals surface area (Å²) < 4.78 is 10.9. The molecule has 1 aromatic carbocycles. The van der Waals surface area contributed by atoms with E-state index in [1.807, 2.05) is 24.3 Å². The molecule has 4 nitrogen and oxygen atoms in total. The van der Waals surface area contributed by atoms with Crippen LogP contribution in [0.3, 0.4) is 0 Å². The molecule has 0 saturated heterocycles. The molecule has 1 fully saturated rings. The fourth-order valence-corrected chi connectivity index (χ4v) is 2.77. The lowest BCUT2D eigenvalue weighted by Crippen LogP contribution is -2.35. The maximum atomic E-state index is 12.2. The molecule has 5 heteroatoms. The van der Waals surface area contributed by atoms with Gasteiger partial charge in [-0.3, -0.25) is 9.00 Å². The Morgan fingerprint density at radius 3 is 2.53 bits per heavy atom. The molecule has 0 aromatic heterocycles. The van der Waals surface area contributed by atoms with E-state index in [9.17, 15) is 9.00 Å². The van der Waals surface area contributed by atoms with Gasteiger partial charge in [-0.25, -0.2) is 0 Å². The highest BCUT2D eigenvalue weighted by atomic mass is 32.2. The van der Waals surface area contributed by atoms with Crippen molar-refractivity contribution in [2.45, 2.75) is 24.7 Å². The van der Waals surface area contributed by atoms with Crippen LogP contribution in [-0.2, 0) is 21.0 Å². The van der Waals surface area contributed by atoms with Gasteiger partial charge in [0.25, 0.3) is 0 Å². The Kier molecular flexibility index (Phi) is 4.24. The first kappa shape index (κ1) is 14.1. The molecule has 1 atom stereocenters. The summed E-state index contributed by atoms with van der Waals surface area (Å²) in [5.74, 6) is 0.717. The van der Waals surface area contributed by atoms with Crippen molar-refractivity contribution in [3.05, 3.63) is 29.8 Å². The quantitative estimate of drug-likeness (QED) is 0.607. The number of rotatable bonds is 6. The summed E-state index contributed by atoms with van der Waals surface area (Å²) in [7, 11) is -0.790. The summed E-state index contributed by atoms with van der Waals surface area (Å²) >= 11 is 0. The largest absolute Gasteiger partial charge is 0.399 e. The zero-order chi connectivity index (χ0) is 13.9. The number of amides is 1. The monoisotopic (exact) mass is 280 g/mol. The molecule has 0 aliphatic heterocycles. The van der Waals surface area contributed by atoms with Gasteiger partial charge in [-0.05, 0) is 37.0 Å². The van der Waals surface area contributed by atoms with Crippen LogP contribution in [0.5, 0.6) is 0 Å². The molecule has 0 heterocycles. The van der Waals surface area contributed by atoms with Gasteiger partial charge >= 0.3 is 0 Å². The van der Waals surface area contributed by atoms with E-state index in [1.54, 1.807) is 6.26 Å². The zero-order valence-electron chi connectivity index (χ0n) is 11.1. The first-order valence-electron chi connectivity index (χ1n) is 6.49. The standard InChI is InChI=1S/C14H20N2O2S/c1-19(18)10-2-9-16-13(17)14(7-8-14)11-3-5-12(15)6-4-11/h3-6H,2,7-10,15H2,1H3,(H,16,17). The van der Waals surface area contributed by atoms with Crippen LogP contribution >= 0.6 is 0 Å². The SMILES string of the molecule is CS(=O)CCCNC(=O)C1(c2ccc(N)cc2)CC1. The molecule has 1 amide bonds. The van der Waals surface area contributed by atoms with Crippen molar-refractivity contribution < 1.29 is 9.00 Å². The molecule has 0 bridgehead atoms. The molecule has 1 unspecified atom stereocenters. The van der Waals surface area contributed by atoms with Crippen LogP contribution in [0, 0.1) is 0 Å². The van der Waals surface area contributed by atoms with Crippen LogP contribution in [0.1, 0.15) is 24.8 Å². The number of benzene rings is 1. The van der Waals surface area contributed by atoms with Crippen molar-refractivity contribution in [2.24, 2.45) is 0 Å². The Morgan fingerprint density at radius 2 is 2.00 bits per heavy atom. The van der Waals surface area contributed by atoms with Crippen LogP contribution in [0.2, 0.25) is 0 Å². The molecular formula is C14H20N2O2S. The Hall–Kier alpha value is -1.36. The average molecular weight is 280 g/mol. The van der Waals surface area contributed by atoms with E-state index in [0.717, 1.165) is 24.8 Å². The molecule has 1 saturated carbocycles. The number of carbonyl (C=O) groups excluding carboxylic acids is 1. The Morgan fingerprint density at radius 1 is 1.37 bits per heavy atom. The molecule has 3 N–H and O–H groups in total. The lowest BCUT2D eigenvalue weighted by Gasteiger charge is -2.15. The van der Waals surface area contributed by atoms with Crippen molar-refractivity contribution in [2.75, 3.05) is 24.3 Å². The minimum atomic E-state index is -0.790. The molecule has 2 rings (SSSR count). The van der Waals surface area contributed by atoms with Gasteiger partial charge in [0.15, 0.2) is 0 Å². The second-order valence-corrected chi connectivity index (χ2v) is 6.65. The van der Waals surface area contributed by atoms with E-state index in [-0.39, 0.29) is 11.3 Å². The Bertz CT molecular complexity index is 481. The fraction of sp³-hybridized carbons (Fsp3) is 0.500. The summed E-state index contributed by atoms with van der Waals surface area (Å²) in [6.45, 7) is 0.592. The summed E-state index contributed by atoms with van der Waals surface area (Å²) in [4.78, 5) is 12.2. The van der Waals surface area contributed by atoms with Gasteiger partial charge < -0.3 is 11.1 Å². The highest BCUT2D eigenvalue weighted by Gasteiger charge is 2.50. The van der Waals surface area contributed by atoms with Crippen LogP contribution in [-0.4, -0.2) is 28.7 Å². The normalized spacial score (nSPS) is 17.7. The Labute approximate surface area is 116 Å². The smallest absolute Gasteiger partial charge is 0.230 e. The van der Waals surface area contributed by atoms with Crippen LogP contribution in [0.25, 0.3) is 0 Å². The van der Waals surface area contributed by atoms with Crippen molar-refractivity contribution in [3.63, 3.8) is 0 Å². The molecule has 19 heavy (non-hydrogen) atoms. The average Bonchev–Trinajstić information content (AvgIpc) is 3.16. The number of hydrogen-bond acceptors (Lipinski definition) is 3. The lowest BCUT2D eigenvalue weighted by molar-refractivity contribution is -0.123. The second-order valence-electron chi connectivity index (χ2n) is 5.09. The molecule has 1 aliphatic carbocycles. The number of hydrogen-bond donors (Lipinski definition) is 2. The lowest BCUT2D eigenvalue weighted by atomic mass is 9.95. The summed E-state index contributed by atoms with van der Waals surface area (Å²) in [6, 6.07) is 7.54. The molecule has 0 spiro atoms. The Balaban J connectivity index is 1.91. The first-order chi connectivity index (χ1) is 9.04. The van der Waals surface area contributed by atoms with E-state index < -0.39 is 10.8 Å². The predicted molar refractivity (Wildman–Crippen MR) is 78.3 cm³/mol. The van der Waals surface area contributed by atoms with Gasteiger partial charge in [-0.2, -0.15) is 0 Å². The molecule has 1 aliphatic rings. The van der Waals surface area contributed by atoms with E-state index >= 15 is 0 Å². The maximum absolute atomic E-state index is 12.2. The predicted octanol–water partition coefficient (Wildman–Crippen LogP) is 1.19. The summed E-state index contributed by atoms with van der Waals surface area (Å²) in [6.07, 6.45) is 4.22. The van der Waals surface area contributed by atoms with Gasteiger partial charge in [0, 0.05) is 35.0 Å². The number of nitrogen functional groups attached to an aromatic ring is 1. The third-order valence-electron chi connectivity index (χ3n) is 3.54. The third kappa shape index (κ3) is 3.35. The van der Waals surface area contributed by atoms with Gasteiger partial charge in [-0.1, -0.05) is 12.1 Å². The summed E-state index contributed by atoms with van der Waals surface area (Å²) in [5, 5.41) is 2.95. The summed E-state index contributed by atoms with van der Waals surface area (Å²) in [5.41, 5.74) is 7.07. The molecule has 104 valence electrons. The number of nitrogens with one attached hydrogen (secondary N) is 1. The minimum Gasteiger partial charge on any atom is -0.399 e. The highest BCUT2D eigenvalue weighted by molar-refractivity contribution is 7.84. The van der Waals surface area contributed by atoms with E-state index in [4.69, 9.17) is 5.73 Å². The first-order valence-corrected chi connectivity index (χ1v) is 8.22. The van der Waals surface area contributed by atoms with E-state index in [2.05, 4.69) is 5.32 Å². The van der Waals surface area contributed by atoms with E-state index in [1.165, 1.54) is 0 Å². The highest BCUT2D eigenvalue weighted by Crippen LogP contribution is 2.48. The maximum Gasteiger partial charge on any atom is 0.230 e. The number of anilines is 1. The third-order valence-corrected chi connectivity index (χ3v) is 4.41. The van der Waals surface area contributed by atoms with Crippen LogP contribution < -0.4 is 11.1 Å². The topological polar surface area (TPSA) is 72.2 Å². The minimum absolute atomic E-state index is 0.0826. The molecule has 0 radical (unpaired) electrons. The van der Waals surface area contributed by atoms with Crippen molar-refractivity contribution in [1.82, 2.24) is 5.32 Å². The van der Waals surface area contributed by atoms with Crippen molar-refractivity contribution in [3.8, 4) is 0 Å². The van der Waals surface area contributed by atoms with Crippen LogP contribution in [0.4, 0.5) is 5.69 Å². The zero-order valence-corrected chi connectivity index (χ0v) is 12.0. The van der Waals surface area contributed by atoms with E-state index in [0.29, 0.717) is 18.0 Å². The van der Waals surface area contributed by atoms with Gasteiger partial charge in [0.2, 0.25) is 5.91 Å². The number of nitrogens with two attached hydrogens (primary N) is 1. The van der Waals surface area contributed by atoms with Crippen molar-refractivity contribution in [1.29, 1.82) is 0 Å². The van der Waals surface area contributed by atoms with Crippen LogP contribution in [0.15, 0.2) is 24.3 Å².